The summed E-state index contributed by atoms with van der Waals surface area (Å²) in [5.74, 6) is 0.901. The fraction of sp³-hybridized carbons (Fsp3) is 0.647. The Bertz CT molecular complexity index is 433. The molecule has 1 aliphatic rings. The Labute approximate surface area is 133 Å². The Morgan fingerprint density at radius 2 is 2.29 bits per heavy atom. The van der Waals surface area contributed by atoms with Crippen LogP contribution in [0.1, 0.15) is 38.2 Å². The Kier molecular flexibility index (Phi) is 6.81. The minimum atomic E-state index is 0.286. The molecule has 0 amide bonds. The van der Waals surface area contributed by atoms with Gasteiger partial charge in [0.25, 0.3) is 0 Å². The quantitative estimate of drug-likeness (QED) is 0.830. The zero-order valence-electron chi connectivity index (χ0n) is 13.0. The highest BCUT2D eigenvalue weighted by molar-refractivity contribution is 6.30. The largest absolute Gasteiger partial charge is 0.496 e. The van der Waals surface area contributed by atoms with Crippen LogP contribution >= 0.6 is 11.6 Å². The van der Waals surface area contributed by atoms with E-state index >= 15 is 0 Å². The van der Waals surface area contributed by atoms with E-state index in [4.69, 9.17) is 21.1 Å². The molecule has 0 spiro atoms. The predicted octanol–water partition coefficient (Wildman–Crippen LogP) is 3.83. The summed E-state index contributed by atoms with van der Waals surface area (Å²) >= 11 is 6.14. The van der Waals surface area contributed by atoms with Gasteiger partial charge in [-0.25, -0.2) is 0 Å². The van der Waals surface area contributed by atoms with Crippen LogP contribution in [-0.2, 0) is 11.2 Å². The van der Waals surface area contributed by atoms with Gasteiger partial charge in [-0.2, -0.15) is 0 Å². The molecular formula is C17H26ClNO2. The lowest BCUT2D eigenvalue weighted by atomic mass is 9.95. The van der Waals surface area contributed by atoms with E-state index in [1.165, 1.54) is 12.8 Å². The molecule has 4 heteroatoms. The molecule has 1 aliphatic heterocycles. The summed E-state index contributed by atoms with van der Waals surface area (Å²) in [5.41, 5.74) is 1.15. The van der Waals surface area contributed by atoms with Crippen molar-refractivity contribution in [1.82, 2.24) is 5.32 Å². The van der Waals surface area contributed by atoms with Crippen molar-refractivity contribution < 1.29 is 9.47 Å². The molecule has 1 N–H and O–H groups in total. The first-order valence-electron chi connectivity index (χ1n) is 7.92. The van der Waals surface area contributed by atoms with E-state index < -0.39 is 0 Å². The number of ether oxygens (including phenoxy) is 2. The molecule has 0 saturated carbocycles. The molecule has 118 valence electrons. The molecule has 1 aromatic rings. The number of methoxy groups -OCH3 is 1. The Morgan fingerprint density at radius 3 is 2.95 bits per heavy atom. The standard InChI is InChI=1S/C17H26ClNO2/c1-3-9-19-15(17-6-4-5-10-21-17)12-13-11-14(18)7-8-16(13)20-2/h7-8,11,15,17,19H,3-6,9-10,12H2,1-2H3. The predicted molar refractivity (Wildman–Crippen MR) is 87.4 cm³/mol. The van der Waals surface area contributed by atoms with Crippen molar-refractivity contribution in [3.63, 3.8) is 0 Å². The monoisotopic (exact) mass is 311 g/mol. The van der Waals surface area contributed by atoms with E-state index in [0.717, 1.165) is 48.7 Å². The van der Waals surface area contributed by atoms with Gasteiger partial charge in [0.15, 0.2) is 0 Å². The van der Waals surface area contributed by atoms with Gasteiger partial charge in [-0.15, -0.1) is 0 Å². The second kappa shape index (κ2) is 8.62. The van der Waals surface area contributed by atoms with E-state index in [0.29, 0.717) is 6.04 Å². The fourth-order valence-corrected chi connectivity index (χ4v) is 3.09. The van der Waals surface area contributed by atoms with E-state index in [-0.39, 0.29) is 6.10 Å². The van der Waals surface area contributed by atoms with Gasteiger partial charge in [0.2, 0.25) is 0 Å². The maximum atomic E-state index is 6.14. The van der Waals surface area contributed by atoms with Gasteiger partial charge in [0, 0.05) is 17.7 Å². The normalized spacial score (nSPS) is 20.2. The summed E-state index contributed by atoms with van der Waals surface area (Å²) in [5, 5.41) is 4.39. The second-order valence-electron chi connectivity index (χ2n) is 5.63. The third kappa shape index (κ3) is 4.87. The molecule has 2 unspecified atom stereocenters. The van der Waals surface area contributed by atoms with Crippen LogP contribution in [0, 0.1) is 0 Å². The van der Waals surface area contributed by atoms with Gasteiger partial charge in [-0.1, -0.05) is 18.5 Å². The van der Waals surface area contributed by atoms with Crippen LogP contribution in [0.15, 0.2) is 18.2 Å². The van der Waals surface area contributed by atoms with Crippen molar-refractivity contribution in [2.75, 3.05) is 20.3 Å². The summed E-state index contributed by atoms with van der Waals surface area (Å²) < 4.78 is 11.4. The molecule has 0 aliphatic carbocycles. The maximum Gasteiger partial charge on any atom is 0.122 e. The molecule has 1 fully saturated rings. The zero-order valence-corrected chi connectivity index (χ0v) is 13.8. The number of nitrogens with one attached hydrogen (secondary N) is 1. The van der Waals surface area contributed by atoms with Crippen LogP contribution in [0.5, 0.6) is 5.75 Å². The molecule has 2 atom stereocenters. The first kappa shape index (κ1) is 16.6. The molecule has 0 aromatic heterocycles. The van der Waals surface area contributed by atoms with Gasteiger partial charge >= 0.3 is 0 Å². The minimum absolute atomic E-state index is 0.286. The molecule has 3 nitrogen and oxygen atoms in total. The van der Waals surface area contributed by atoms with Crippen molar-refractivity contribution in [3.05, 3.63) is 28.8 Å². The van der Waals surface area contributed by atoms with Gasteiger partial charge in [0.05, 0.1) is 13.2 Å². The number of hydrogen-bond acceptors (Lipinski definition) is 3. The van der Waals surface area contributed by atoms with Crippen molar-refractivity contribution in [1.29, 1.82) is 0 Å². The van der Waals surface area contributed by atoms with E-state index in [9.17, 15) is 0 Å². The number of rotatable bonds is 7. The minimum Gasteiger partial charge on any atom is -0.496 e. The molecule has 0 radical (unpaired) electrons. The summed E-state index contributed by atoms with van der Waals surface area (Å²) in [7, 11) is 1.71. The van der Waals surface area contributed by atoms with Gasteiger partial charge in [-0.05, 0) is 62.4 Å². The van der Waals surface area contributed by atoms with E-state index in [2.05, 4.69) is 12.2 Å². The lowest BCUT2D eigenvalue weighted by molar-refractivity contribution is -0.00746. The van der Waals surface area contributed by atoms with Crippen molar-refractivity contribution in [2.45, 2.75) is 51.2 Å². The van der Waals surface area contributed by atoms with Gasteiger partial charge in [0.1, 0.15) is 5.75 Å². The Balaban J connectivity index is 2.11. The highest BCUT2D eigenvalue weighted by atomic mass is 35.5. The number of halogens is 1. The average Bonchev–Trinajstić information content (AvgIpc) is 2.52. The molecule has 21 heavy (non-hydrogen) atoms. The van der Waals surface area contributed by atoms with E-state index in [1.807, 2.05) is 18.2 Å². The number of hydrogen-bond donors (Lipinski definition) is 1. The van der Waals surface area contributed by atoms with E-state index in [1.54, 1.807) is 7.11 Å². The summed E-state index contributed by atoms with van der Waals surface area (Å²) in [6, 6.07) is 6.13. The third-order valence-corrected chi connectivity index (χ3v) is 4.24. The molecular weight excluding hydrogens is 286 g/mol. The summed E-state index contributed by atoms with van der Waals surface area (Å²) in [4.78, 5) is 0. The lowest BCUT2D eigenvalue weighted by Crippen LogP contribution is -2.44. The number of benzene rings is 1. The second-order valence-corrected chi connectivity index (χ2v) is 6.06. The van der Waals surface area contributed by atoms with Crippen LogP contribution in [-0.4, -0.2) is 32.4 Å². The zero-order chi connectivity index (χ0) is 15.1. The topological polar surface area (TPSA) is 30.5 Å². The first-order valence-corrected chi connectivity index (χ1v) is 8.29. The van der Waals surface area contributed by atoms with Crippen molar-refractivity contribution in [2.24, 2.45) is 0 Å². The van der Waals surface area contributed by atoms with Crippen LogP contribution in [0.2, 0.25) is 5.02 Å². The Hall–Kier alpha value is -0.770. The third-order valence-electron chi connectivity index (χ3n) is 4.00. The molecule has 1 heterocycles. The van der Waals surface area contributed by atoms with Crippen LogP contribution in [0.3, 0.4) is 0 Å². The molecule has 2 rings (SSSR count). The van der Waals surface area contributed by atoms with Crippen molar-refractivity contribution in [3.8, 4) is 5.75 Å². The van der Waals surface area contributed by atoms with Gasteiger partial charge < -0.3 is 14.8 Å². The first-order chi connectivity index (χ1) is 10.2. The highest BCUT2D eigenvalue weighted by Crippen LogP contribution is 2.26. The molecule has 1 saturated heterocycles. The summed E-state index contributed by atoms with van der Waals surface area (Å²) in [6.07, 6.45) is 5.85. The lowest BCUT2D eigenvalue weighted by Gasteiger charge is -2.31. The highest BCUT2D eigenvalue weighted by Gasteiger charge is 2.25. The molecule has 1 aromatic carbocycles. The van der Waals surface area contributed by atoms with Gasteiger partial charge in [-0.3, -0.25) is 0 Å². The summed E-state index contributed by atoms with van der Waals surface area (Å²) in [6.45, 7) is 4.07. The van der Waals surface area contributed by atoms with Crippen LogP contribution in [0.25, 0.3) is 0 Å². The average molecular weight is 312 g/mol. The van der Waals surface area contributed by atoms with Crippen LogP contribution < -0.4 is 10.1 Å². The SMILES string of the molecule is CCCNC(Cc1cc(Cl)ccc1OC)C1CCCCO1. The smallest absolute Gasteiger partial charge is 0.122 e. The maximum absolute atomic E-state index is 6.14. The molecule has 0 bridgehead atoms. The van der Waals surface area contributed by atoms with Crippen LogP contribution in [0.4, 0.5) is 0 Å². The Morgan fingerprint density at radius 1 is 1.43 bits per heavy atom. The fourth-order valence-electron chi connectivity index (χ4n) is 2.89. The van der Waals surface area contributed by atoms with Crippen molar-refractivity contribution >= 4 is 11.6 Å².